The smallest absolute Gasteiger partial charge is 0.00823 e. The summed E-state index contributed by atoms with van der Waals surface area (Å²) in [6.45, 7) is 6.43. The summed E-state index contributed by atoms with van der Waals surface area (Å²) in [5.74, 6) is 0.654. The van der Waals surface area contributed by atoms with E-state index in [1.165, 1.54) is 17.8 Å². The molecule has 0 bridgehead atoms. The molecule has 0 aromatic rings. The van der Waals surface area contributed by atoms with Crippen LogP contribution in [0.15, 0.2) is 23.5 Å². The predicted octanol–water partition coefficient (Wildman–Crippen LogP) is 2.42. The zero-order valence-corrected chi connectivity index (χ0v) is 6.94. The summed E-state index contributed by atoms with van der Waals surface area (Å²) >= 11 is 0. The Bertz CT molecular complexity index is 159. The monoisotopic (exact) mass is 137 g/mol. The molecule has 1 N–H and O–H groups in total. The molecule has 0 aliphatic carbocycles. The Morgan fingerprint density at radius 1 is 1.30 bits per heavy atom. The lowest BCUT2D eigenvalue weighted by Gasteiger charge is -2.17. The van der Waals surface area contributed by atoms with E-state index in [1.54, 1.807) is 0 Å². The second-order valence-electron chi connectivity index (χ2n) is 2.90. The van der Waals surface area contributed by atoms with Gasteiger partial charge in [0, 0.05) is 11.4 Å². The SMILES string of the molecule is CCC1C=C(C)NC(C)=C1. The van der Waals surface area contributed by atoms with Crippen molar-refractivity contribution in [1.29, 1.82) is 0 Å². The van der Waals surface area contributed by atoms with Crippen LogP contribution in [0.25, 0.3) is 0 Å². The quantitative estimate of drug-likeness (QED) is 0.585. The minimum atomic E-state index is 0.654. The molecular formula is C9H15N. The van der Waals surface area contributed by atoms with Crippen LogP contribution in [0.2, 0.25) is 0 Å². The zero-order chi connectivity index (χ0) is 7.56. The molecule has 0 unspecified atom stereocenters. The highest BCUT2D eigenvalue weighted by atomic mass is 14.9. The van der Waals surface area contributed by atoms with Crippen LogP contribution in [-0.4, -0.2) is 0 Å². The Labute approximate surface area is 62.8 Å². The van der Waals surface area contributed by atoms with E-state index in [1.807, 2.05) is 0 Å². The topological polar surface area (TPSA) is 12.0 Å². The van der Waals surface area contributed by atoms with Gasteiger partial charge in [-0.05, 0) is 26.2 Å². The molecule has 0 saturated carbocycles. The van der Waals surface area contributed by atoms with Gasteiger partial charge in [0.1, 0.15) is 0 Å². The third kappa shape index (κ3) is 1.63. The fourth-order valence-corrected chi connectivity index (χ4v) is 1.32. The third-order valence-electron chi connectivity index (χ3n) is 1.79. The third-order valence-corrected chi connectivity index (χ3v) is 1.79. The van der Waals surface area contributed by atoms with Gasteiger partial charge in [-0.15, -0.1) is 0 Å². The normalized spacial score (nSPS) is 19.5. The van der Waals surface area contributed by atoms with Gasteiger partial charge >= 0.3 is 0 Å². The number of nitrogens with one attached hydrogen (secondary N) is 1. The molecule has 1 aliphatic rings. The molecule has 0 aromatic heterocycles. The van der Waals surface area contributed by atoms with Gasteiger partial charge in [0.15, 0.2) is 0 Å². The highest BCUT2D eigenvalue weighted by Gasteiger charge is 2.05. The summed E-state index contributed by atoms with van der Waals surface area (Å²) in [5, 5.41) is 3.27. The lowest BCUT2D eigenvalue weighted by atomic mass is 10.0. The molecular weight excluding hydrogens is 122 g/mol. The Morgan fingerprint density at radius 3 is 2.20 bits per heavy atom. The Kier molecular flexibility index (Phi) is 2.15. The number of dihydropyridines is 1. The molecule has 0 spiro atoms. The van der Waals surface area contributed by atoms with E-state index in [4.69, 9.17) is 0 Å². The first-order chi connectivity index (χ1) is 4.72. The van der Waals surface area contributed by atoms with Crippen molar-refractivity contribution in [2.24, 2.45) is 5.92 Å². The van der Waals surface area contributed by atoms with Crippen LogP contribution in [0, 0.1) is 5.92 Å². The maximum absolute atomic E-state index is 3.27. The molecule has 56 valence electrons. The van der Waals surface area contributed by atoms with Crippen LogP contribution in [0.1, 0.15) is 27.2 Å². The van der Waals surface area contributed by atoms with Crippen LogP contribution >= 0.6 is 0 Å². The van der Waals surface area contributed by atoms with Crippen molar-refractivity contribution in [1.82, 2.24) is 5.32 Å². The first-order valence-corrected chi connectivity index (χ1v) is 3.86. The van der Waals surface area contributed by atoms with Gasteiger partial charge in [-0.2, -0.15) is 0 Å². The van der Waals surface area contributed by atoms with E-state index < -0.39 is 0 Å². The second-order valence-corrected chi connectivity index (χ2v) is 2.90. The van der Waals surface area contributed by atoms with Crippen LogP contribution in [0.3, 0.4) is 0 Å². The fourth-order valence-electron chi connectivity index (χ4n) is 1.32. The number of hydrogen-bond acceptors (Lipinski definition) is 1. The minimum Gasteiger partial charge on any atom is -0.363 e. The van der Waals surface area contributed by atoms with Gasteiger partial charge in [0.05, 0.1) is 0 Å². The highest BCUT2D eigenvalue weighted by molar-refractivity contribution is 5.18. The molecule has 1 heterocycles. The first-order valence-electron chi connectivity index (χ1n) is 3.86. The lowest BCUT2D eigenvalue weighted by molar-refractivity contribution is 0.717. The van der Waals surface area contributed by atoms with Crippen molar-refractivity contribution in [2.75, 3.05) is 0 Å². The molecule has 0 saturated heterocycles. The summed E-state index contributed by atoms with van der Waals surface area (Å²) in [6, 6.07) is 0. The van der Waals surface area contributed by atoms with Crippen molar-refractivity contribution >= 4 is 0 Å². The van der Waals surface area contributed by atoms with Crippen LogP contribution in [0.5, 0.6) is 0 Å². The van der Waals surface area contributed by atoms with E-state index in [0.29, 0.717) is 5.92 Å². The molecule has 1 nitrogen and oxygen atoms in total. The Morgan fingerprint density at radius 2 is 1.80 bits per heavy atom. The molecule has 0 amide bonds. The predicted molar refractivity (Wildman–Crippen MR) is 44.4 cm³/mol. The number of hydrogen-bond donors (Lipinski definition) is 1. The van der Waals surface area contributed by atoms with Crippen molar-refractivity contribution in [3.8, 4) is 0 Å². The van der Waals surface area contributed by atoms with E-state index in [9.17, 15) is 0 Å². The summed E-state index contributed by atoms with van der Waals surface area (Å²) in [4.78, 5) is 0. The average molecular weight is 137 g/mol. The Hall–Kier alpha value is -0.720. The van der Waals surface area contributed by atoms with Crippen molar-refractivity contribution in [2.45, 2.75) is 27.2 Å². The highest BCUT2D eigenvalue weighted by Crippen LogP contribution is 2.15. The molecule has 1 rings (SSSR count). The van der Waals surface area contributed by atoms with Gasteiger partial charge < -0.3 is 5.32 Å². The van der Waals surface area contributed by atoms with Crippen LogP contribution in [-0.2, 0) is 0 Å². The lowest BCUT2D eigenvalue weighted by Crippen LogP contribution is -2.15. The van der Waals surface area contributed by atoms with Crippen molar-refractivity contribution < 1.29 is 0 Å². The van der Waals surface area contributed by atoms with Gasteiger partial charge in [0.25, 0.3) is 0 Å². The number of allylic oxidation sites excluding steroid dienone is 4. The van der Waals surface area contributed by atoms with Gasteiger partial charge in [-0.1, -0.05) is 19.1 Å². The van der Waals surface area contributed by atoms with E-state index in [-0.39, 0.29) is 0 Å². The van der Waals surface area contributed by atoms with Crippen molar-refractivity contribution in [3.05, 3.63) is 23.5 Å². The minimum absolute atomic E-state index is 0.654. The Balaban J connectivity index is 2.67. The molecule has 1 aliphatic heterocycles. The molecule has 0 radical (unpaired) electrons. The zero-order valence-electron chi connectivity index (χ0n) is 6.94. The second kappa shape index (κ2) is 2.91. The van der Waals surface area contributed by atoms with E-state index >= 15 is 0 Å². The maximum Gasteiger partial charge on any atom is 0.00823 e. The molecule has 1 heteroatoms. The number of rotatable bonds is 1. The largest absolute Gasteiger partial charge is 0.363 e. The van der Waals surface area contributed by atoms with Crippen LogP contribution in [0.4, 0.5) is 0 Å². The molecule has 0 fully saturated rings. The van der Waals surface area contributed by atoms with Crippen LogP contribution < -0.4 is 5.32 Å². The maximum atomic E-state index is 3.27. The molecule has 0 aromatic carbocycles. The average Bonchev–Trinajstić information content (AvgIpc) is 1.85. The summed E-state index contributed by atoms with van der Waals surface area (Å²) in [7, 11) is 0. The van der Waals surface area contributed by atoms with Crippen molar-refractivity contribution in [3.63, 3.8) is 0 Å². The summed E-state index contributed by atoms with van der Waals surface area (Å²) in [6.07, 6.45) is 5.75. The standard InChI is InChI=1S/C9H15N/c1-4-9-5-7(2)10-8(3)6-9/h5-6,9-10H,4H2,1-3H3. The van der Waals surface area contributed by atoms with Gasteiger partial charge in [-0.3, -0.25) is 0 Å². The van der Waals surface area contributed by atoms with Gasteiger partial charge in [0.2, 0.25) is 0 Å². The van der Waals surface area contributed by atoms with Gasteiger partial charge in [-0.25, -0.2) is 0 Å². The molecule has 0 atom stereocenters. The fraction of sp³-hybridized carbons (Fsp3) is 0.556. The summed E-state index contributed by atoms with van der Waals surface area (Å²) < 4.78 is 0. The van der Waals surface area contributed by atoms with E-state index in [2.05, 4.69) is 38.2 Å². The molecule has 10 heavy (non-hydrogen) atoms. The van der Waals surface area contributed by atoms with E-state index in [0.717, 1.165) is 0 Å². The first kappa shape index (κ1) is 7.39. The summed E-state index contributed by atoms with van der Waals surface area (Å²) in [5.41, 5.74) is 2.57.